The Morgan fingerprint density at radius 2 is 1.92 bits per heavy atom. The zero-order chi connectivity index (χ0) is 17.7. The van der Waals surface area contributed by atoms with E-state index >= 15 is 0 Å². The molecular formula is C19H32N4O2. The fraction of sp³-hybridized carbons (Fsp3) is 0.842. The molecule has 140 valence electrons. The quantitative estimate of drug-likeness (QED) is 0.819. The van der Waals surface area contributed by atoms with Crippen LogP contribution in [0.25, 0.3) is 0 Å². The molecule has 1 aromatic rings. The lowest BCUT2D eigenvalue weighted by Gasteiger charge is -2.35. The molecule has 0 saturated heterocycles. The summed E-state index contributed by atoms with van der Waals surface area (Å²) in [5, 5.41) is 7.18. The second-order valence-electron chi connectivity index (χ2n) is 8.06. The number of nitrogens with zero attached hydrogens (tertiary/aromatic N) is 2. The van der Waals surface area contributed by atoms with E-state index in [9.17, 15) is 4.79 Å². The van der Waals surface area contributed by atoms with Crippen molar-refractivity contribution in [3.63, 3.8) is 0 Å². The Morgan fingerprint density at radius 1 is 1.24 bits per heavy atom. The van der Waals surface area contributed by atoms with Crippen LogP contribution in [0.5, 0.6) is 0 Å². The maximum Gasteiger partial charge on any atom is 0.248 e. The van der Waals surface area contributed by atoms with Crippen LogP contribution in [-0.2, 0) is 4.79 Å². The Hall–Kier alpha value is -1.43. The first-order valence-corrected chi connectivity index (χ1v) is 9.95. The van der Waals surface area contributed by atoms with E-state index in [1.807, 2.05) is 6.92 Å². The summed E-state index contributed by atoms with van der Waals surface area (Å²) in [5.74, 6) is 1.77. The Labute approximate surface area is 150 Å². The lowest BCUT2D eigenvalue weighted by Crippen LogP contribution is -2.39. The van der Waals surface area contributed by atoms with Crippen molar-refractivity contribution in [2.75, 3.05) is 6.54 Å². The van der Waals surface area contributed by atoms with Crippen molar-refractivity contribution in [2.24, 2.45) is 11.1 Å². The van der Waals surface area contributed by atoms with E-state index in [4.69, 9.17) is 10.3 Å². The molecule has 1 amide bonds. The first kappa shape index (κ1) is 18.4. The highest BCUT2D eigenvalue weighted by molar-refractivity contribution is 5.77. The van der Waals surface area contributed by atoms with Crippen molar-refractivity contribution < 1.29 is 9.32 Å². The number of hydrogen-bond donors (Lipinski definition) is 2. The summed E-state index contributed by atoms with van der Waals surface area (Å²) >= 11 is 0. The van der Waals surface area contributed by atoms with Crippen LogP contribution in [0.4, 0.5) is 0 Å². The summed E-state index contributed by atoms with van der Waals surface area (Å²) in [7, 11) is 0. The van der Waals surface area contributed by atoms with E-state index in [1.54, 1.807) is 0 Å². The van der Waals surface area contributed by atoms with Crippen LogP contribution in [0.1, 0.15) is 101 Å². The smallest absolute Gasteiger partial charge is 0.248 e. The lowest BCUT2D eigenvalue weighted by atomic mass is 9.71. The highest BCUT2D eigenvalue weighted by atomic mass is 16.5. The topological polar surface area (TPSA) is 94.0 Å². The van der Waals surface area contributed by atoms with Gasteiger partial charge < -0.3 is 15.6 Å². The van der Waals surface area contributed by atoms with Gasteiger partial charge in [-0.3, -0.25) is 4.79 Å². The van der Waals surface area contributed by atoms with Crippen LogP contribution in [0.3, 0.4) is 0 Å². The van der Waals surface area contributed by atoms with E-state index in [0.29, 0.717) is 24.8 Å². The van der Waals surface area contributed by atoms with Gasteiger partial charge in [0.05, 0.1) is 0 Å². The number of nitrogens with one attached hydrogen (secondary N) is 1. The second kappa shape index (κ2) is 8.30. The van der Waals surface area contributed by atoms with E-state index < -0.39 is 0 Å². The molecule has 1 heterocycles. The number of aromatic nitrogens is 2. The summed E-state index contributed by atoms with van der Waals surface area (Å²) in [6.07, 6.45) is 12.3. The Bertz CT molecular complexity index is 560. The Morgan fingerprint density at radius 3 is 2.60 bits per heavy atom. The minimum absolute atomic E-state index is 0.0237. The Balaban J connectivity index is 1.55. The van der Waals surface area contributed by atoms with Gasteiger partial charge >= 0.3 is 0 Å². The predicted molar refractivity (Wildman–Crippen MR) is 95.9 cm³/mol. The predicted octanol–water partition coefficient (Wildman–Crippen LogP) is 3.59. The van der Waals surface area contributed by atoms with E-state index in [0.717, 1.165) is 31.5 Å². The number of rotatable bonds is 6. The van der Waals surface area contributed by atoms with Crippen molar-refractivity contribution in [2.45, 2.75) is 89.5 Å². The minimum Gasteiger partial charge on any atom is -0.345 e. The van der Waals surface area contributed by atoms with Gasteiger partial charge in [-0.1, -0.05) is 43.7 Å². The monoisotopic (exact) mass is 348 g/mol. The van der Waals surface area contributed by atoms with E-state index in [2.05, 4.69) is 15.5 Å². The third-order valence-electron chi connectivity index (χ3n) is 6.06. The van der Waals surface area contributed by atoms with Gasteiger partial charge in [-0.05, 0) is 44.6 Å². The molecule has 25 heavy (non-hydrogen) atoms. The normalized spacial score (nSPS) is 22.5. The standard InChI is InChI=1S/C19H32N4O2/c1-14(18-22-17(23-25-18)15-8-4-2-5-9-15)21-16(24)12-19(13-20)10-6-3-7-11-19/h14-15H,2-13,20H2,1H3,(H,21,24). The molecule has 0 aliphatic heterocycles. The van der Waals surface area contributed by atoms with Crippen molar-refractivity contribution in [1.82, 2.24) is 15.5 Å². The number of nitrogens with two attached hydrogens (primary N) is 1. The van der Waals surface area contributed by atoms with Crippen LogP contribution >= 0.6 is 0 Å². The third kappa shape index (κ3) is 4.60. The number of hydrogen-bond acceptors (Lipinski definition) is 5. The molecule has 0 aromatic carbocycles. The van der Waals surface area contributed by atoms with Crippen LogP contribution < -0.4 is 11.1 Å². The highest BCUT2D eigenvalue weighted by Gasteiger charge is 2.33. The third-order valence-corrected chi connectivity index (χ3v) is 6.06. The molecule has 2 fully saturated rings. The molecule has 0 bridgehead atoms. The van der Waals surface area contributed by atoms with Crippen LogP contribution in [0, 0.1) is 5.41 Å². The maximum atomic E-state index is 12.5. The molecule has 2 aliphatic carbocycles. The minimum atomic E-state index is -0.254. The first-order valence-electron chi connectivity index (χ1n) is 9.95. The largest absolute Gasteiger partial charge is 0.345 e. The number of carbonyl (C=O) groups is 1. The van der Waals surface area contributed by atoms with Gasteiger partial charge in [-0.2, -0.15) is 4.98 Å². The molecule has 0 radical (unpaired) electrons. The van der Waals surface area contributed by atoms with Crippen molar-refractivity contribution in [1.29, 1.82) is 0 Å². The van der Waals surface area contributed by atoms with Gasteiger partial charge in [0.2, 0.25) is 11.8 Å². The molecule has 3 rings (SSSR count). The van der Waals surface area contributed by atoms with Gasteiger partial charge in [0, 0.05) is 12.3 Å². The highest BCUT2D eigenvalue weighted by Crippen LogP contribution is 2.38. The van der Waals surface area contributed by atoms with Crippen molar-refractivity contribution in [3.05, 3.63) is 11.7 Å². The van der Waals surface area contributed by atoms with Gasteiger partial charge in [-0.15, -0.1) is 0 Å². The first-order chi connectivity index (χ1) is 12.1. The second-order valence-corrected chi connectivity index (χ2v) is 8.06. The molecule has 1 atom stereocenters. The molecule has 3 N–H and O–H groups in total. The lowest BCUT2D eigenvalue weighted by molar-refractivity contribution is -0.124. The zero-order valence-electron chi connectivity index (χ0n) is 15.4. The molecule has 0 spiro atoms. The average molecular weight is 348 g/mol. The molecule has 1 unspecified atom stereocenters. The van der Waals surface area contributed by atoms with Crippen molar-refractivity contribution >= 4 is 5.91 Å². The maximum absolute atomic E-state index is 12.5. The fourth-order valence-electron chi connectivity index (χ4n) is 4.40. The summed E-state index contributed by atoms with van der Waals surface area (Å²) < 4.78 is 5.42. The van der Waals surface area contributed by atoms with Gasteiger partial charge in [0.15, 0.2) is 5.82 Å². The summed E-state index contributed by atoms with van der Waals surface area (Å²) in [6.45, 7) is 2.49. The summed E-state index contributed by atoms with van der Waals surface area (Å²) in [6, 6.07) is -0.254. The van der Waals surface area contributed by atoms with Gasteiger partial charge in [-0.25, -0.2) is 0 Å². The zero-order valence-corrected chi connectivity index (χ0v) is 15.4. The average Bonchev–Trinajstić information content (AvgIpc) is 3.13. The van der Waals surface area contributed by atoms with Crippen molar-refractivity contribution in [3.8, 4) is 0 Å². The van der Waals surface area contributed by atoms with Gasteiger partial charge in [0.1, 0.15) is 6.04 Å². The fourth-order valence-corrected chi connectivity index (χ4v) is 4.40. The molecule has 1 aromatic heterocycles. The Kier molecular flexibility index (Phi) is 6.10. The van der Waals surface area contributed by atoms with E-state index in [-0.39, 0.29) is 17.4 Å². The molecule has 6 nitrogen and oxygen atoms in total. The molecule has 2 aliphatic rings. The molecule has 2 saturated carbocycles. The van der Waals surface area contributed by atoms with Crippen LogP contribution in [0.2, 0.25) is 0 Å². The summed E-state index contributed by atoms with van der Waals surface area (Å²) in [5.41, 5.74) is 5.97. The van der Waals surface area contributed by atoms with E-state index in [1.165, 1.54) is 38.5 Å². The molecular weight excluding hydrogens is 316 g/mol. The number of carbonyl (C=O) groups excluding carboxylic acids is 1. The van der Waals surface area contributed by atoms with Gasteiger partial charge in [0.25, 0.3) is 0 Å². The molecule has 6 heteroatoms. The van der Waals surface area contributed by atoms with Crippen LogP contribution in [-0.4, -0.2) is 22.6 Å². The summed E-state index contributed by atoms with van der Waals surface area (Å²) in [4.78, 5) is 17.1. The number of amides is 1. The SMILES string of the molecule is CC(NC(=O)CC1(CN)CCCCC1)c1nc(C2CCCCC2)no1. The van der Waals surface area contributed by atoms with Crippen LogP contribution in [0.15, 0.2) is 4.52 Å².